The molecule has 0 unspecified atom stereocenters. The molecule has 0 bridgehead atoms. The first-order chi connectivity index (χ1) is 15.4. The first kappa shape index (κ1) is 21.8. The fourth-order valence-electron chi connectivity index (χ4n) is 3.77. The number of hydrogen-bond acceptors (Lipinski definition) is 7. The Kier molecular flexibility index (Phi) is 6.09. The molecule has 1 aliphatic heterocycles. The van der Waals surface area contributed by atoms with E-state index >= 15 is 0 Å². The highest BCUT2D eigenvalue weighted by Crippen LogP contribution is 2.43. The van der Waals surface area contributed by atoms with E-state index in [1.807, 2.05) is 25.1 Å². The lowest BCUT2D eigenvalue weighted by Crippen LogP contribution is -2.31. The van der Waals surface area contributed by atoms with E-state index in [2.05, 4.69) is 21.4 Å². The minimum absolute atomic E-state index is 0.0601. The van der Waals surface area contributed by atoms with Gasteiger partial charge < -0.3 is 24.9 Å². The summed E-state index contributed by atoms with van der Waals surface area (Å²) in [5, 5.41) is 13.4. The van der Waals surface area contributed by atoms with Gasteiger partial charge in [-0.25, -0.2) is 4.98 Å². The van der Waals surface area contributed by atoms with Crippen LogP contribution in [-0.4, -0.2) is 35.2 Å². The molecule has 1 atom stereocenters. The number of thioether (sulfide) groups is 1. The number of hydrogen-bond donors (Lipinski definition) is 3. The minimum atomic E-state index is -0.561. The molecule has 1 aliphatic rings. The number of carbonyl (C=O) groups excluding carboxylic acids is 1. The molecule has 1 aromatic heterocycles. The van der Waals surface area contributed by atoms with Crippen LogP contribution in [0, 0.1) is 6.92 Å². The van der Waals surface area contributed by atoms with Gasteiger partial charge in [-0.3, -0.25) is 9.59 Å². The van der Waals surface area contributed by atoms with Crippen molar-refractivity contribution in [3.05, 3.63) is 69.0 Å². The van der Waals surface area contributed by atoms with E-state index in [9.17, 15) is 14.7 Å². The van der Waals surface area contributed by atoms with Gasteiger partial charge in [0, 0.05) is 18.1 Å². The van der Waals surface area contributed by atoms with Gasteiger partial charge in [-0.2, -0.15) is 0 Å². The summed E-state index contributed by atoms with van der Waals surface area (Å²) in [4.78, 5) is 32.8. The van der Waals surface area contributed by atoms with Crippen molar-refractivity contribution in [1.29, 1.82) is 0 Å². The Hall–Kier alpha value is -3.46. The molecular formula is C23H23N3O5S. The molecule has 32 heavy (non-hydrogen) atoms. The van der Waals surface area contributed by atoms with E-state index in [1.165, 1.54) is 26.0 Å². The summed E-state index contributed by atoms with van der Waals surface area (Å²) in [5.41, 5.74) is 2.92. The zero-order valence-electron chi connectivity index (χ0n) is 17.9. The fraction of sp³-hybridized carbons (Fsp3) is 0.261. The van der Waals surface area contributed by atoms with Crippen molar-refractivity contribution in [2.75, 3.05) is 19.5 Å². The fourth-order valence-corrected chi connectivity index (χ4v) is 4.58. The SMILES string of the molecule is COc1cc([C@@H]2CC(=O)Nc3nc(SCc4cccc(C)c4)[nH]c(=O)c32)cc(OC)c1O. The molecule has 2 aromatic carbocycles. The Morgan fingerprint density at radius 2 is 1.88 bits per heavy atom. The second-order valence-corrected chi connectivity index (χ2v) is 8.45. The van der Waals surface area contributed by atoms with Crippen LogP contribution < -0.4 is 20.3 Å². The summed E-state index contributed by atoms with van der Waals surface area (Å²) >= 11 is 1.39. The second kappa shape index (κ2) is 8.96. The number of anilines is 1. The summed E-state index contributed by atoms with van der Waals surface area (Å²) in [7, 11) is 2.85. The molecule has 2 heterocycles. The van der Waals surface area contributed by atoms with Crippen molar-refractivity contribution in [3.8, 4) is 17.2 Å². The third-order valence-corrected chi connectivity index (χ3v) is 6.24. The Morgan fingerprint density at radius 3 is 2.53 bits per heavy atom. The number of H-pyrrole nitrogens is 1. The molecule has 9 heteroatoms. The van der Waals surface area contributed by atoms with Crippen molar-refractivity contribution in [3.63, 3.8) is 0 Å². The number of methoxy groups -OCH3 is 2. The number of aryl methyl sites for hydroxylation is 1. The number of phenolic OH excluding ortho intramolecular Hbond substituents is 1. The molecule has 0 fully saturated rings. The number of aromatic hydroxyl groups is 1. The molecule has 0 saturated carbocycles. The number of fused-ring (bicyclic) bond motifs is 1. The maximum Gasteiger partial charge on any atom is 0.257 e. The standard InChI is InChI=1S/C23H23N3O5S/c1-12-5-4-6-13(7-12)11-32-23-25-21-19(22(29)26-23)15(10-18(27)24-21)14-8-16(30-2)20(28)17(9-14)31-3/h4-9,15,28H,10-11H2,1-3H3,(H2,24,25,26,27,29)/t15-/m0/s1. The molecule has 0 spiro atoms. The number of aromatic nitrogens is 2. The molecule has 4 rings (SSSR count). The molecule has 8 nitrogen and oxygen atoms in total. The van der Waals surface area contributed by atoms with Gasteiger partial charge in [0.25, 0.3) is 5.56 Å². The van der Waals surface area contributed by atoms with Gasteiger partial charge in [0.15, 0.2) is 16.7 Å². The predicted octanol–water partition coefficient (Wildman–Crippen LogP) is 3.57. The van der Waals surface area contributed by atoms with Crippen LogP contribution in [0.1, 0.15) is 34.6 Å². The Labute approximate surface area is 189 Å². The van der Waals surface area contributed by atoms with Gasteiger partial charge in [0.2, 0.25) is 11.7 Å². The minimum Gasteiger partial charge on any atom is -0.502 e. The predicted molar refractivity (Wildman–Crippen MR) is 122 cm³/mol. The lowest BCUT2D eigenvalue weighted by atomic mass is 9.86. The van der Waals surface area contributed by atoms with Crippen LogP contribution in [0.4, 0.5) is 5.82 Å². The molecule has 1 amide bonds. The quantitative estimate of drug-likeness (QED) is 0.386. The summed E-state index contributed by atoms with van der Waals surface area (Å²) in [6.45, 7) is 2.02. The van der Waals surface area contributed by atoms with Crippen LogP contribution in [0.15, 0.2) is 46.3 Å². The van der Waals surface area contributed by atoms with Gasteiger partial charge in [0.1, 0.15) is 5.82 Å². The lowest BCUT2D eigenvalue weighted by Gasteiger charge is -2.25. The summed E-state index contributed by atoms with van der Waals surface area (Å²) in [6, 6.07) is 11.3. The molecule has 0 aliphatic carbocycles. The third-order valence-electron chi connectivity index (χ3n) is 5.29. The Balaban J connectivity index is 1.70. The highest BCUT2D eigenvalue weighted by Gasteiger charge is 2.32. The van der Waals surface area contributed by atoms with Crippen LogP contribution in [0.3, 0.4) is 0 Å². The van der Waals surface area contributed by atoms with Crippen molar-refractivity contribution in [2.45, 2.75) is 30.2 Å². The van der Waals surface area contributed by atoms with Crippen molar-refractivity contribution in [2.24, 2.45) is 0 Å². The van der Waals surface area contributed by atoms with Crippen LogP contribution in [0.5, 0.6) is 17.2 Å². The number of nitrogens with zero attached hydrogens (tertiary/aromatic N) is 1. The van der Waals surface area contributed by atoms with Gasteiger partial charge >= 0.3 is 0 Å². The third kappa shape index (κ3) is 4.29. The van der Waals surface area contributed by atoms with Gasteiger partial charge in [0.05, 0.1) is 19.8 Å². The average Bonchev–Trinajstić information content (AvgIpc) is 2.77. The lowest BCUT2D eigenvalue weighted by molar-refractivity contribution is -0.116. The molecule has 0 saturated heterocycles. The van der Waals surface area contributed by atoms with Crippen LogP contribution in [0.25, 0.3) is 0 Å². The normalized spacial score (nSPS) is 15.1. The van der Waals surface area contributed by atoms with E-state index in [0.29, 0.717) is 22.0 Å². The number of nitrogens with one attached hydrogen (secondary N) is 2. The van der Waals surface area contributed by atoms with Crippen LogP contribution in [-0.2, 0) is 10.5 Å². The number of aromatic amines is 1. The molecular weight excluding hydrogens is 430 g/mol. The Morgan fingerprint density at radius 1 is 1.16 bits per heavy atom. The maximum absolute atomic E-state index is 13.0. The number of amides is 1. The maximum atomic E-state index is 13.0. The van der Waals surface area contributed by atoms with E-state index in [-0.39, 0.29) is 41.0 Å². The number of phenols is 1. The van der Waals surface area contributed by atoms with Crippen LogP contribution >= 0.6 is 11.8 Å². The summed E-state index contributed by atoms with van der Waals surface area (Å²) < 4.78 is 10.5. The molecule has 0 radical (unpaired) electrons. The first-order valence-electron chi connectivity index (χ1n) is 9.97. The summed E-state index contributed by atoms with van der Waals surface area (Å²) in [6.07, 6.45) is 0.0601. The van der Waals surface area contributed by atoms with Crippen molar-refractivity contribution < 1.29 is 19.4 Å². The number of rotatable bonds is 6. The largest absolute Gasteiger partial charge is 0.502 e. The van der Waals surface area contributed by atoms with E-state index < -0.39 is 5.92 Å². The van der Waals surface area contributed by atoms with Crippen LogP contribution in [0.2, 0.25) is 0 Å². The number of benzene rings is 2. The number of ether oxygens (including phenoxy) is 2. The van der Waals surface area contributed by atoms with E-state index in [0.717, 1.165) is 11.1 Å². The van der Waals surface area contributed by atoms with Crippen molar-refractivity contribution >= 4 is 23.5 Å². The van der Waals surface area contributed by atoms with Gasteiger partial charge in [-0.1, -0.05) is 41.6 Å². The molecule has 3 N–H and O–H groups in total. The number of carbonyl (C=O) groups is 1. The second-order valence-electron chi connectivity index (χ2n) is 7.49. The van der Waals surface area contributed by atoms with Crippen molar-refractivity contribution in [1.82, 2.24) is 9.97 Å². The zero-order chi connectivity index (χ0) is 22.8. The zero-order valence-corrected chi connectivity index (χ0v) is 18.7. The summed E-state index contributed by atoms with van der Waals surface area (Å²) in [5.74, 6) is 0.313. The average molecular weight is 454 g/mol. The Bertz CT molecular complexity index is 1220. The van der Waals surface area contributed by atoms with Gasteiger partial charge in [-0.05, 0) is 30.2 Å². The van der Waals surface area contributed by atoms with E-state index in [1.54, 1.807) is 12.1 Å². The first-order valence-corrected chi connectivity index (χ1v) is 11.0. The van der Waals surface area contributed by atoms with Gasteiger partial charge in [-0.15, -0.1) is 0 Å². The van der Waals surface area contributed by atoms with E-state index in [4.69, 9.17) is 9.47 Å². The highest BCUT2D eigenvalue weighted by molar-refractivity contribution is 7.98. The smallest absolute Gasteiger partial charge is 0.257 e. The molecule has 166 valence electrons. The molecule has 3 aromatic rings. The highest BCUT2D eigenvalue weighted by atomic mass is 32.2. The monoisotopic (exact) mass is 453 g/mol. The topological polar surface area (TPSA) is 114 Å².